The van der Waals surface area contributed by atoms with Gasteiger partial charge >= 0.3 is 0 Å². The van der Waals surface area contributed by atoms with Crippen LogP contribution in [0.5, 0.6) is 0 Å². The molecule has 0 saturated carbocycles. The molecule has 4 heteroatoms. The second-order valence-electron chi connectivity index (χ2n) is 12.5. The van der Waals surface area contributed by atoms with Crippen LogP contribution >= 0.6 is 0 Å². The van der Waals surface area contributed by atoms with E-state index in [0.717, 1.165) is 52.1 Å². The average Bonchev–Trinajstić information content (AvgIpc) is 3.83. The van der Waals surface area contributed by atoms with E-state index in [0.29, 0.717) is 6.10 Å². The number of benzene rings is 4. The predicted octanol–water partition coefficient (Wildman–Crippen LogP) is 6.42. The van der Waals surface area contributed by atoms with E-state index >= 15 is 0 Å². The number of rotatable bonds is 13. The Bertz CT molecular complexity index is 1450. The molecule has 0 bridgehead atoms. The minimum atomic E-state index is -0.514. The Hall–Kier alpha value is -3.28. The molecule has 4 aromatic carbocycles. The van der Waals surface area contributed by atoms with Gasteiger partial charge in [0.15, 0.2) is 0 Å². The summed E-state index contributed by atoms with van der Waals surface area (Å²) in [6.07, 6.45) is 4.67. The Balaban J connectivity index is 1.50. The standard InChI is InChI=1S/C38H38O4/c1-4-12-28(13-5-1)37(21-33-25-41-33,22-34-26-42-34)38(29-14-6-2-7-15-29,30-16-8-3-9-17-30)36-18-10-11-27(19-31-23-39-31)35(36)20-32-24-40-32/h1-18,31-34H,19-26H2. The fourth-order valence-corrected chi connectivity index (χ4v) is 7.68. The zero-order valence-electron chi connectivity index (χ0n) is 24.0. The van der Waals surface area contributed by atoms with Crippen LogP contribution < -0.4 is 0 Å². The number of hydrogen-bond donors (Lipinski definition) is 0. The highest BCUT2D eigenvalue weighted by Crippen LogP contribution is 2.60. The summed E-state index contributed by atoms with van der Waals surface area (Å²) in [5.41, 5.74) is 7.27. The molecule has 4 nitrogen and oxygen atoms in total. The molecule has 4 saturated heterocycles. The molecule has 4 heterocycles. The lowest BCUT2D eigenvalue weighted by molar-refractivity contribution is 0.202. The van der Waals surface area contributed by atoms with Crippen LogP contribution in [0.2, 0.25) is 0 Å². The molecule has 0 N–H and O–H groups in total. The summed E-state index contributed by atoms with van der Waals surface area (Å²) < 4.78 is 23.9. The molecule has 0 aliphatic carbocycles. The lowest BCUT2D eigenvalue weighted by Gasteiger charge is -2.54. The molecule has 4 fully saturated rings. The van der Waals surface area contributed by atoms with Crippen LogP contribution in [-0.4, -0.2) is 50.8 Å². The van der Waals surface area contributed by atoms with Crippen LogP contribution in [0.4, 0.5) is 0 Å². The van der Waals surface area contributed by atoms with Gasteiger partial charge in [-0.1, -0.05) is 109 Å². The first-order chi connectivity index (χ1) is 20.8. The van der Waals surface area contributed by atoms with Crippen LogP contribution in [0.15, 0.2) is 109 Å². The smallest absolute Gasteiger partial charge is 0.0850 e. The van der Waals surface area contributed by atoms with Gasteiger partial charge in [-0.05, 0) is 46.2 Å². The quantitative estimate of drug-likeness (QED) is 0.140. The maximum Gasteiger partial charge on any atom is 0.0850 e. The van der Waals surface area contributed by atoms with Gasteiger partial charge in [0.05, 0.1) is 56.3 Å². The summed E-state index contributed by atoms with van der Waals surface area (Å²) in [5, 5.41) is 0. The summed E-state index contributed by atoms with van der Waals surface area (Å²) in [7, 11) is 0. The van der Waals surface area contributed by atoms with Gasteiger partial charge in [0.1, 0.15) is 0 Å². The lowest BCUT2D eigenvalue weighted by atomic mass is 9.48. The number of epoxide rings is 4. The van der Waals surface area contributed by atoms with Crippen molar-refractivity contribution in [3.05, 3.63) is 143 Å². The van der Waals surface area contributed by atoms with E-state index in [-0.39, 0.29) is 23.7 Å². The second-order valence-corrected chi connectivity index (χ2v) is 12.5. The summed E-state index contributed by atoms with van der Waals surface area (Å²) in [5.74, 6) is 0. The first-order valence-electron chi connectivity index (χ1n) is 15.5. The zero-order chi connectivity index (χ0) is 28.0. The Labute approximate surface area is 248 Å². The van der Waals surface area contributed by atoms with Crippen molar-refractivity contribution in [3.63, 3.8) is 0 Å². The minimum absolute atomic E-state index is 0.217. The van der Waals surface area contributed by atoms with Crippen LogP contribution in [-0.2, 0) is 42.6 Å². The van der Waals surface area contributed by atoms with Gasteiger partial charge in [-0.3, -0.25) is 0 Å². The molecule has 214 valence electrons. The summed E-state index contributed by atoms with van der Waals surface area (Å²) in [4.78, 5) is 0. The van der Waals surface area contributed by atoms with Crippen LogP contribution in [0, 0.1) is 0 Å². The van der Waals surface area contributed by atoms with E-state index in [9.17, 15) is 0 Å². The van der Waals surface area contributed by atoms with E-state index in [1.54, 1.807) is 0 Å². The Morgan fingerprint density at radius 3 is 1.40 bits per heavy atom. The largest absolute Gasteiger partial charge is 0.373 e. The van der Waals surface area contributed by atoms with Gasteiger partial charge in [0.25, 0.3) is 0 Å². The molecular formula is C38H38O4. The lowest BCUT2D eigenvalue weighted by Crippen LogP contribution is -2.53. The SMILES string of the molecule is c1ccc(C(CC2CO2)(CC2CO2)C(c2ccccc2)(c2ccccc2)c2cccc(CC3CO3)c2CC2CO2)cc1. The van der Waals surface area contributed by atoms with Crippen molar-refractivity contribution in [2.45, 2.75) is 60.9 Å². The molecular weight excluding hydrogens is 520 g/mol. The van der Waals surface area contributed by atoms with Crippen molar-refractivity contribution in [1.29, 1.82) is 0 Å². The molecule has 4 unspecified atom stereocenters. The van der Waals surface area contributed by atoms with Gasteiger partial charge in [0.2, 0.25) is 0 Å². The summed E-state index contributed by atoms with van der Waals surface area (Å²) in [6, 6.07) is 40.7. The number of ether oxygens (including phenoxy) is 4. The van der Waals surface area contributed by atoms with Crippen LogP contribution in [0.1, 0.15) is 46.2 Å². The van der Waals surface area contributed by atoms with Gasteiger partial charge in [-0.2, -0.15) is 0 Å². The van der Waals surface area contributed by atoms with Gasteiger partial charge in [-0.15, -0.1) is 0 Å². The molecule has 4 aromatic rings. The van der Waals surface area contributed by atoms with Gasteiger partial charge in [-0.25, -0.2) is 0 Å². The van der Waals surface area contributed by atoms with Gasteiger partial charge in [0, 0.05) is 18.3 Å². The molecule has 4 atom stereocenters. The zero-order valence-corrected chi connectivity index (χ0v) is 24.0. The fourth-order valence-electron chi connectivity index (χ4n) is 7.68. The van der Waals surface area contributed by atoms with Crippen molar-refractivity contribution < 1.29 is 18.9 Å². The topological polar surface area (TPSA) is 50.1 Å². The van der Waals surface area contributed by atoms with E-state index in [4.69, 9.17) is 18.9 Å². The molecule has 4 aliphatic rings. The molecule has 0 amide bonds. The normalized spacial score (nSPS) is 25.4. The van der Waals surface area contributed by atoms with Crippen molar-refractivity contribution in [1.82, 2.24) is 0 Å². The fraction of sp³-hybridized carbons (Fsp3) is 0.368. The van der Waals surface area contributed by atoms with Gasteiger partial charge < -0.3 is 18.9 Å². The maximum absolute atomic E-state index is 6.10. The minimum Gasteiger partial charge on any atom is -0.373 e. The Kier molecular flexibility index (Phi) is 6.76. The first kappa shape index (κ1) is 26.4. The molecule has 0 spiro atoms. The third kappa shape index (κ3) is 4.91. The van der Waals surface area contributed by atoms with Crippen LogP contribution in [0.25, 0.3) is 0 Å². The number of hydrogen-bond acceptors (Lipinski definition) is 4. The second kappa shape index (κ2) is 10.8. The monoisotopic (exact) mass is 558 g/mol. The van der Waals surface area contributed by atoms with E-state index in [2.05, 4.69) is 109 Å². The van der Waals surface area contributed by atoms with Crippen LogP contribution in [0.3, 0.4) is 0 Å². The molecule has 8 rings (SSSR count). The highest BCUT2D eigenvalue weighted by atomic mass is 16.6. The maximum atomic E-state index is 6.10. The summed E-state index contributed by atoms with van der Waals surface area (Å²) >= 11 is 0. The third-order valence-corrected chi connectivity index (χ3v) is 9.78. The van der Waals surface area contributed by atoms with Crippen molar-refractivity contribution >= 4 is 0 Å². The van der Waals surface area contributed by atoms with E-state index < -0.39 is 5.41 Å². The Morgan fingerprint density at radius 1 is 0.476 bits per heavy atom. The summed E-state index contributed by atoms with van der Waals surface area (Å²) in [6.45, 7) is 3.29. The van der Waals surface area contributed by atoms with Crippen molar-refractivity contribution in [2.24, 2.45) is 0 Å². The van der Waals surface area contributed by atoms with E-state index in [1.165, 1.54) is 33.4 Å². The highest BCUT2D eigenvalue weighted by Gasteiger charge is 2.60. The highest BCUT2D eigenvalue weighted by molar-refractivity contribution is 5.61. The molecule has 0 radical (unpaired) electrons. The third-order valence-electron chi connectivity index (χ3n) is 9.78. The van der Waals surface area contributed by atoms with Crippen molar-refractivity contribution in [3.8, 4) is 0 Å². The molecule has 4 aliphatic heterocycles. The Morgan fingerprint density at radius 2 is 0.929 bits per heavy atom. The average molecular weight is 559 g/mol. The molecule has 0 aromatic heterocycles. The predicted molar refractivity (Wildman–Crippen MR) is 163 cm³/mol. The van der Waals surface area contributed by atoms with E-state index in [1.807, 2.05) is 0 Å². The molecule has 42 heavy (non-hydrogen) atoms. The van der Waals surface area contributed by atoms with Crippen molar-refractivity contribution in [2.75, 3.05) is 26.4 Å². The first-order valence-corrected chi connectivity index (χ1v) is 15.5.